The van der Waals surface area contributed by atoms with E-state index in [-0.39, 0.29) is 0 Å². The van der Waals surface area contributed by atoms with E-state index in [2.05, 4.69) is 18.1 Å². The Bertz CT molecular complexity index is 454. The number of aryl methyl sites for hydroxylation is 2. The van der Waals surface area contributed by atoms with Gasteiger partial charge in [0.25, 0.3) is 0 Å². The predicted octanol–water partition coefficient (Wildman–Crippen LogP) is 2.13. The largest absolute Gasteiger partial charge is 0.399 e. The molecule has 0 atom stereocenters. The summed E-state index contributed by atoms with van der Waals surface area (Å²) in [4.78, 5) is 0. The lowest BCUT2D eigenvalue weighted by Gasteiger charge is -2.04. The molecule has 3 heteroatoms. The standard InChI is InChI=1S/C12H15N3/c1-9-7-10(2)15(14-9)8-11-3-5-12(13)6-4-11/h3-7H,8,13H2,1-2H3. The molecule has 15 heavy (non-hydrogen) atoms. The van der Waals surface area contributed by atoms with Crippen LogP contribution in [0.2, 0.25) is 0 Å². The average molecular weight is 201 g/mol. The van der Waals surface area contributed by atoms with Crippen molar-refractivity contribution >= 4 is 5.69 Å². The smallest absolute Gasteiger partial charge is 0.0662 e. The number of rotatable bonds is 2. The van der Waals surface area contributed by atoms with E-state index in [1.807, 2.05) is 35.9 Å². The van der Waals surface area contributed by atoms with E-state index in [0.717, 1.165) is 17.9 Å². The second-order valence-electron chi connectivity index (χ2n) is 3.83. The molecule has 78 valence electrons. The normalized spacial score (nSPS) is 10.5. The molecule has 2 aromatic rings. The molecule has 0 aliphatic rings. The van der Waals surface area contributed by atoms with Crippen LogP contribution in [0.3, 0.4) is 0 Å². The molecule has 2 N–H and O–H groups in total. The van der Waals surface area contributed by atoms with Gasteiger partial charge in [-0.2, -0.15) is 5.10 Å². The third-order valence-electron chi connectivity index (χ3n) is 2.42. The molecule has 2 rings (SSSR count). The van der Waals surface area contributed by atoms with Gasteiger partial charge < -0.3 is 5.73 Å². The van der Waals surface area contributed by atoms with Crippen LogP contribution in [-0.4, -0.2) is 9.78 Å². The summed E-state index contributed by atoms with van der Waals surface area (Å²) in [7, 11) is 0. The summed E-state index contributed by atoms with van der Waals surface area (Å²) in [5, 5.41) is 4.41. The topological polar surface area (TPSA) is 43.8 Å². The van der Waals surface area contributed by atoms with Gasteiger partial charge in [-0.15, -0.1) is 0 Å². The van der Waals surface area contributed by atoms with E-state index in [9.17, 15) is 0 Å². The van der Waals surface area contributed by atoms with Gasteiger partial charge >= 0.3 is 0 Å². The first-order chi connectivity index (χ1) is 7.15. The van der Waals surface area contributed by atoms with Crippen molar-refractivity contribution in [2.75, 3.05) is 5.73 Å². The Morgan fingerprint density at radius 2 is 1.87 bits per heavy atom. The van der Waals surface area contributed by atoms with Gasteiger partial charge in [-0.3, -0.25) is 4.68 Å². The second-order valence-corrected chi connectivity index (χ2v) is 3.83. The van der Waals surface area contributed by atoms with Crippen molar-refractivity contribution in [2.24, 2.45) is 0 Å². The summed E-state index contributed by atoms with van der Waals surface area (Å²) in [6.07, 6.45) is 0. The van der Waals surface area contributed by atoms with Crippen LogP contribution in [0.4, 0.5) is 5.69 Å². The Morgan fingerprint density at radius 1 is 1.20 bits per heavy atom. The minimum Gasteiger partial charge on any atom is -0.399 e. The third-order valence-corrected chi connectivity index (χ3v) is 2.42. The van der Waals surface area contributed by atoms with Crippen molar-refractivity contribution in [1.82, 2.24) is 9.78 Å². The molecule has 1 heterocycles. The van der Waals surface area contributed by atoms with Crippen LogP contribution in [0.25, 0.3) is 0 Å². The zero-order chi connectivity index (χ0) is 10.8. The maximum Gasteiger partial charge on any atom is 0.0662 e. The highest BCUT2D eigenvalue weighted by molar-refractivity contribution is 5.39. The molecule has 0 saturated carbocycles. The molecule has 0 unspecified atom stereocenters. The Morgan fingerprint density at radius 3 is 2.40 bits per heavy atom. The summed E-state index contributed by atoms with van der Waals surface area (Å²) < 4.78 is 2.00. The minimum atomic E-state index is 0.798. The van der Waals surface area contributed by atoms with Crippen LogP contribution in [-0.2, 0) is 6.54 Å². The molecule has 1 aromatic heterocycles. The van der Waals surface area contributed by atoms with E-state index in [1.54, 1.807) is 0 Å². The second kappa shape index (κ2) is 3.77. The Balaban J connectivity index is 2.21. The molecule has 0 fully saturated rings. The maximum absolute atomic E-state index is 5.63. The molecule has 0 spiro atoms. The van der Waals surface area contributed by atoms with E-state index >= 15 is 0 Å². The van der Waals surface area contributed by atoms with Gasteiger partial charge in [-0.25, -0.2) is 0 Å². The molecular weight excluding hydrogens is 186 g/mol. The van der Waals surface area contributed by atoms with Crippen LogP contribution < -0.4 is 5.73 Å². The fourth-order valence-corrected chi connectivity index (χ4v) is 1.63. The van der Waals surface area contributed by atoms with Gasteiger partial charge in [0, 0.05) is 11.4 Å². The molecule has 3 nitrogen and oxygen atoms in total. The maximum atomic E-state index is 5.63. The molecule has 0 saturated heterocycles. The van der Waals surface area contributed by atoms with Crippen molar-refractivity contribution in [2.45, 2.75) is 20.4 Å². The van der Waals surface area contributed by atoms with Gasteiger partial charge in [0.15, 0.2) is 0 Å². The number of anilines is 1. The summed E-state index contributed by atoms with van der Waals surface area (Å²) in [5.41, 5.74) is 9.89. The quantitative estimate of drug-likeness (QED) is 0.756. The van der Waals surface area contributed by atoms with Crippen LogP contribution >= 0.6 is 0 Å². The minimum absolute atomic E-state index is 0.798. The SMILES string of the molecule is Cc1cc(C)n(Cc2ccc(N)cc2)n1. The Labute approximate surface area is 89.5 Å². The monoisotopic (exact) mass is 201 g/mol. The van der Waals surface area contributed by atoms with Gasteiger partial charge in [0.05, 0.1) is 12.2 Å². The average Bonchev–Trinajstić information content (AvgIpc) is 2.49. The van der Waals surface area contributed by atoms with Crippen LogP contribution in [0.5, 0.6) is 0 Å². The molecule has 0 bridgehead atoms. The first-order valence-corrected chi connectivity index (χ1v) is 5.00. The Hall–Kier alpha value is -1.77. The van der Waals surface area contributed by atoms with E-state index in [4.69, 9.17) is 5.73 Å². The van der Waals surface area contributed by atoms with Gasteiger partial charge in [-0.1, -0.05) is 12.1 Å². The van der Waals surface area contributed by atoms with Gasteiger partial charge in [0.1, 0.15) is 0 Å². The fourth-order valence-electron chi connectivity index (χ4n) is 1.63. The molecule has 0 amide bonds. The zero-order valence-corrected chi connectivity index (χ0v) is 9.07. The van der Waals surface area contributed by atoms with Crippen molar-refractivity contribution in [3.63, 3.8) is 0 Å². The third kappa shape index (κ3) is 2.18. The highest BCUT2D eigenvalue weighted by atomic mass is 15.3. The highest BCUT2D eigenvalue weighted by Crippen LogP contribution is 2.09. The number of nitrogens with two attached hydrogens (primary N) is 1. The number of nitrogen functional groups attached to an aromatic ring is 1. The number of benzene rings is 1. The molecular formula is C12H15N3. The van der Waals surface area contributed by atoms with Crippen molar-refractivity contribution < 1.29 is 0 Å². The first kappa shape index (κ1) is 9.77. The van der Waals surface area contributed by atoms with Crippen molar-refractivity contribution in [3.05, 3.63) is 47.3 Å². The lowest BCUT2D eigenvalue weighted by molar-refractivity contribution is 0.659. The zero-order valence-electron chi connectivity index (χ0n) is 9.07. The molecule has 0 radical (unpaired) electrons. The summed E-state index contributed by atoms with van der Waals surface area (Å²) >= 11 is 0. The lowest BCUT2D eigenvalue weighted by Crippen LogP contribution is -2.03. The lowest BCUT2D eigenvalue weighted by atomic mass is 10.2. The summed E-state index contributed by atoms with van der Waals surface area (Å²) in [5.74, 6) is 0. The predicted molar refractivity (Wildman–Crippen MR) is 61.7 cm³/mol. The summed E-state index contributed by atoms with van der Waals surface area (Å²) in [6.45, 7) is 4.88. The fraction of sp³-hybridized carbons (Fsp3) is 0.250. The van der Waals surface area contributed by atoms with Gasteiger partial charge in [0.2, 0.25) is 0 Å². The number of hydrogen-bond donors (Lipinski definition) is 1. The van der Waals surface area contributed by atoms with Crippen LogP contribution in [0.1, 0.15) is 17.0 Å². The highest BCUT2D eigenvalue weighted by Gasteiger charge is 2.01. The van der Waals surface area contributed by atoms with Crippen LogP contribution in [0, 0.1) is 13.8 Å². The van der Waals surface area contributed by atoms with E-state index in [1.165, 1.54) is 11.3 Å². The molecule has 1 aromatic carbocycles. The Kier molecular flexibility index (Phi) is 2.46. The summed E-state index contributed by atoms with van der Waals surface area (Å²) in [6, 6.07) is 9.98. The first-order valence-electron chi connectivity index (χ1n) is 5.00. The van der Waals surface area contributed by atoms with Crippen LogP contribution in [0.15, 0.2) is 30.3 Å². The van der Waals surface area contributed by atoms with Crippen molar-refractivity contribution in [3.8, 4) is 0 Å². The van der Waals surface area contributed by atoms with Crippen molar-refractivity contribution in [1.29, 1.82) is 0 Å². The van der Waals surface area contributed by atoms with E-state index in [0.29, 0.717) is 0 Å². The molecule has 0 aliphatic heterocycles. The van der Waals surface area contributed by atoms with E-state index < -0.39 is 0 Å². The number of nitrogens with zero attached hydrogens (tertiary/aromatic N) is 2. The number of aromatic nitrogens is 2. The number of hydrogen-bond acceptors (Lipinski definition) is 2. The van der Waals surface area contributed by atoms with Gasteiger partial charge in [-0.05, 0) is 37.6 Å². The molecule has 0 aliphatic carbocycles.